The first-order valence-corrected chi connectivity index (χ1v) is 10.5. The summed E-state index contributed by atoms with van der Waals surface area (Å²) in [7, 11) is 0. The molecule has 4 rings (SSSR count). The van der Waals surface area contributed by atoms with Gasteiger partial charge in [-0.25, -0.2) is 5.43 Å². The number of hydrogen-bond donors (Lipinski definition) is 2. The van der Waals surface area contributed by atoms with Gasteiger partial charge in [-0.05, 0) is 42.7 Å². The number of nitrogens with one attached hydrogen (secondary N) is 2. The van der Waals surface area contributed by atoms with Gasteiger partial charge in [-0.1, -0.05) is 54.1 Å². The second-order valence-electron chi connectivity index (χ2n) is 7.36. The van der Waals surface area contributed by atoms with Crippen molar-refractivity contribution >= 4 is 57.7 Å². The van der Waals surface area contributed by atoms with Gasteiger partial charge in [-0.3, -0.25) is 19.3 Å². The molecule has 1 heterocycles. The number of aryl methyl sites for hydroxylation is 1. The highest BCUT2D eigenvalue weighted by Gasteiger charge is 2.38. The van der Waals surface area contributed by atoms with Crippen LogP contribution in [-0.4, -0.2) is 35.7 Å². The normalized spacial score (nSPS) is 16.2. The van der Waals surface area contributed by atoms with Gasteiger partial charge in [0.05, 0.1) is 5.69 Å². The molecule has 0 saturated carbocycles. The van der Waals surface area contributed by atoms with Gasteiger partial charge < -0.3 is 10.1 Å². The Morgan fingerprint density at radius 2 is 1.85 bits per heavy atom. The van der Waals surface area contributed by atoms with Crippen molar-refractivity contribution in [3.05, 3.63) is 72.3 Å². The molecule has 1 aliphatic rings. The number of hydrazone groups is 1. The fourth-order valence-corrected chi connectivity index (χ4v) is 3.64. The first-order chi connectivity index (χ1) is 15.9. The molecular weight excluding hydrogens is 440 g/mol. The first kappa shape index (κ1) is 22.1. The topological polar surface area (TPSA) is 100 Å². The summed E-state index contributed by atoms with van der Waals surface area (Å²) in [6.07, 6.45) is 1.08. The fourth-order valence-electron chi connectivity index (χ4n) is 3.34. The molecule has 9 heteroatoms. The minimum absolute atomic E-state index is 0.00831. The lowest BCUT2D eigenvalue weighted by atomic mass is 10.1. The van der Waals surface area contributed by atoms with E-state index in [-0.39, 0.29) is 11.7 Å². The van der Waals surface area contributed by atoms with E-state index in [4.69, 9.17) is 17.0 Å². The number of amides is 3. The molecule has 1 fully saturated rings. The third kappa shape index (κ3) is 4.88. The Morgan fingerprint density at radius 3 is 2.64 bits per heavy atom. The van der Waals surface area contributed by atoms with Crippen molar-refractivity contribution < 1.29 is 19.1 Å². The molecule has 0 spiro atoms. The second-order valence-corrected chi connectivity index (χ2v) is 7.75. The van der Waals surface area contributed by atoms with Crippen molar-refractivity contribution in [3.63, 3.8) is 0 Å². The molecule has 0 aromatic heterocycles. The van der Waals surface area contributed by atoms with Crippen LogP contribution in [0.2, 0.25) is 0 Å². The van der Waals surface area contributed by atoms with Crippen LogP contribution in [-0.2, 0) is 14.4 Å². The van der Waals surface area contributed by atoms with E-state index in [1.807, 2.05) is 55.5 Å². The molecule has 33 heavy (non-hydrogen) atoms. The zero-order chi connectivity index (χ0) is 23.4. The standard InChI is InChI=1S/C24H20N4O4S/c1-15-9-11-17(12-10-15)28-23(31)19(22(30)26-24(28)33)13-25-27-21(29)14-32-20-8-4-6-16-5-2-3-7-18(16)20/h2-13,19H,14H2,1H3,(H,27,29)(H,26,30,33)/b25-13-/t19-/m0/s1. The summed E-state index contributed by atoms with van der Waals surface area (Å²) >= 11 is 5.16. The van der Waals surface area contributed by atoms with Crippen molar-refractivity contribution in [1.82, 2.24) is 10.7 Å². The number of anilines is 1. The summed E-state index contributed by atoms with van der Waals surface area (Å²) in [4.78, 5) is 38.6. The van der Waals surface area contributed by atoms with Crippen LogP contribution < -0.4 is 20.4 Å². The number of ether oxygens (including phenoxy) is 1. The monoisotopic (exact) mass is 460 g/mol. The number of rotatable bonds is 6. The van der Waals surface area contributed by atoms with Crippen molar-refractivity contribution in [2.45, 2.75) is 6.92 Å². The van der Waals surface area contributed by atoms with Crippen LogP contribution in [0, 0.1) is 12.8 Å². The lowest BCUT2D eigenvalue weighted by molar-refractivity contribution is -0.130. The van der Waals surface area contributed by atoms with Gasteiger partial charge in [0.15, 0.2) is 17.6 Å². The number of nitrogens with zero attached hydrogens (tertiary/aromatic N) is 2. The van der Waals surface area contributed by atoms with Crippen molar-refractivity contribution in [3.8, 4) is 5.75 Å². The Kier molecular flexibility index (Phi) is 6.41. The SMILES string of the molecule is Cc1ccc(N2C(=O)[C@@H](/C=N\NC(=O)COc3cccc4ccccc34)C(=O)NC2=S)cc1. The van der Waals surface area contributed by atoms with E-state index in [0.29, 0.717) is 11.4 Å². The fraction of sp³-hybridized carbons (Fsp3) is 0.125. The Bertz CT molecular complexity index is 1270. The van der Waals surface area contributed by atoms with E-state index >= 15 is 0 Å². The van der Waals surface area contributed by atoms with Crippen LogP contribution in [0.3, 0.4) is 0 Å². The average molecular weight is 461 g/mol. The van der Waals surface area contributed by atoms with E-state index in [2.05, 4.69) is 15.8 Å². The highest BCUT2D eigenvalue weighted by molar-refractivity contribution is 7.80. The molecule has 3 amide bonds. The summed E-state index contributed by atoms with van der Waals surface area (Å²) in [5.74, 6) is -2.38. The number of hydrogen-bond acceptors (Lipinski definition) is 6. The van der Waals surface area contributed by atoms with Gasteiger partial charge in [-0.2, -0.15) is 5.10 Å². The van der Waals surface area contributed by atoms with Crippen LogP contribution >= 0.6 is 12.2 Å². The van der Waals surface area contributed by atoms with Crippen LogP contribution in [0.1, 0.15) is 5.56 Å². The Hall–Kier alpha value is -4.11. The molecule has 3 aromatic carbocycles. The van der Waals surface area contributed by atoms with Gasteiger partial charge in [0.25, 0.3) is 11.8 Å². The molecule has 0 unspecified atom stereocenters. The van der Waals surface area contributed by atoms with Gasteiger partial charge in [-0.15, -0.1) is 0 Å². The Morgan fingerprint density at radius 1 is 1.12 bits per heavy atom. The maximum absolute atomic E-state index is 12.9. The van der Waals surface area contributed by atoms with E-state index in [9.17, 15) is 14.4 Å². The van der Waals surface area contributed by atoms with E-state index in [0.717, 1.165) is 22.6 Å². The quantitative estimate of drug-likeness (QED) is 0.255. The van der Waals surface area contributed by atoms with E-state index in [1.165, 1.54) is 4.90 Å². The summed E-state index contributed by atoms with van der Waals surface area (Å²) in [6, 6.07) is 20.3. The smallest absolute Gasteiger partial charge is 0.277 e. The second kappa shape index (κ2) is 9.58. The third-order valence-corrected chi connectivity index (χ3v) is 5.30. The summed E-state index contributed by atoms with van der Waals surface area (Å²) in [5, 5.41) is 8.14. The zero-order valence-corrected chi connectivity index (χ0v) is 18.5. The molecule has 3 aromatic rings. The minimum Gasteiger partial charge on any atom is -0.483 e. The van der Waals surface area contributed by atoms with Gasteiger partial charge in [0.1, 0.15) is 5.75 Å². The van der Waals surface area contributed by atoms with E-state index < -0.39 is 23.6 Å². The molecule has 1 atom stereocenters. The van der Waals surface area contributed by atoms with Crippen LogP contribution in [0.25, 0.3) is 10.8 Å². The number of carbonyl (C=O) groups excluding carboxylic acids is 3. The summed E-state index contributed by atoms with van der Waals surface area (Å²) in [6.45, 7) is 1.64. The number of fused-ring (bicyclic) bond motifs is 1. The average Bonchev–Trinajstić information content (AvgIpc) is 2.81. The Labute approximate surface area is 195 Å². The predicted octanol–water partition coefficient (Wildman–Crippen LogP) is 2.69. The molecule has 1 aliphatic heterocycles. The molecule has 166 valence electrons. The molecule has 0 bridgehead atoms. The number of carbonyl (C=O) groups is 3. The first-order valence-electron chi connectivity index (χ1n) is 10.1. The largest absolute Gasteiger partial charge is 0.483 e. The number of benzene rings is 3. The van der Waals surface area contributed by atoms with Gasteiger partial charge >= 0.3 is 0 Å². The van der Waals surface area contributed by atoms with Crippen molar-refractivity contribution in [1.29, 1.82) is 0 Å². The zero-order valence-electron chi connectivity index (χ0n) is 17.6. The molecular formula is C24H20N4O4S. The molecule has 8 nitrogen and oxygen atoms in total. The van der Waals surface area contributed by atoms with Crippen LogP contribution in [0.5, 0.6) is 5.75 Å². The van der Waals surface area contributed by atoms with E-state index in [1.54, 1.807) is 18.2 Å². The Balaban J connectivity index is 1.38. The molecule has 1 saturated heterocycles. The maximum Gasteiger partial charge on any atom is 0.277 e. The lowest BCUT2D eigenvalue weighted by Gasteiger charge is -2.30. The highest BCUT2D eigenvalue weighted by Crippen LogP contribution is 2.25. The third-order valence-electron chi connectivity index (χ3n) is 5.02. The maximum atomic E-state index is 12.9. The summed E-state index contributed by atoms with van der Waals surface area (Å²) in [5.41, 5.74) is 3.83. The lowest BCUT2D eigenvalue weighted by Crippen LogP contribution is -2.58. The van der Waals surface area contributed by atoms with Crippen LogP contribution in [0.15, 0.2) is 71.8 Å². The predicted molar refractivity (Wildman–Crippen MR) is 129 cm³/mol. The molecule has 0 radical (unpaired) electrons. The number of thiocarbonyl (C=S) groups is 1. The van der Waals surface area contributed by atoms with Gasteiger partial charge in [0, 0.05) is 11.6 Å². The van der Waals surface area contributed by atoms with Crippen molar-refractivity contribution in [2.75, 3.05) is 11.5 Å². The van der Waals surface area contributed by atoms with Crippen LogP contribution in [0.4, 0.5) is 5.69 Å². The summed E-state index contributed by atoms with van der Waals surface area (Å²) < 4.78 is 5.61. The van der Waals surface area contributed by atoms with Crippen molar-refractivity contribution in [2.24, 2.45) is 11.0 Å². The molecule has 0 aliphatic carbocycles. The van der Waals surface area contributed by atoms with Gasteiger partial charge in [0.2, 0.25) is 5.91 Å². The molecule has 2 N–H and O–H groups in total. The minimum atomic E-state index is -1.24. The highest BCUT2D eigenvalue weighted by atomic mass is 32.1.